The molecule has 0 saturated heterocycles. The van der Waals surface area contributed by atoms with E-state index >= 15 is 0 Å². The van der Waals surface area contributed by atoms with Crippen molar-refractivity contribution >= 4 is 21.6 Å². The number of rotatable bonds is 9. The number of methoxy groups -OCH3 is 1. The molecule has 0 heterocycles. The highest BCUT2D eigenvalue weighted by molar-refractivity contribution is 7.89. The zero-order valence-corrected chi connectivity index (χ0v) is 19.3. The van der Waals surface area contributed by atoms with E-state index in [2.05, 4.69) is 36.0 Å². The number of amides is 1. The topological polar surface area (TPSA) is 84.5 Å². The van der Waals surface area contributed by atoms with E-state index in [1.54, 1.807) is 0 Å². The highest BCUT2D eigenvalue weighted by Crippen LogP contribution is 2.30. The van der Waals surface area contributed by atoms with Crippen molar-refractivity contribution in [1.29, 1.82) is 0 Å². The summed E-state index contributed by atoms with van der Waals surface area (Å²) in [7, 11) is -2.36. The third-order valence-corrected chi connectivity index (χ3v) is 6.66. The SMILES string of the molecule is CC[C@@H](C)c1ccc([C@H](NS(=O)(=O)c2ccc(OC)c(NC(C)=O)c2)C(C)C)cc1. The van der Waals surface area contributed by atoms with Gasteiger partial charge in [-0.15, -0.1) is 0 Å². The second-order valence-electron chi connectivity index (χ2n) is 7.86. The van der Waals surface area contributed by atoms with Crippen molar-refractivity contribution in [3.63, 3.8) is 0 Å². The monoisotopic (exact) mass is 432 g/mol. The molecule has 0 saturated carbocycles. The number of benzene rings is 2. The maximum absolute atomic E-state index is 13.1. The fourth-order valence-electron chi connectivity index (χ4n) is 3.23. The average molecular weight is 433 g/mol. The van der Waals surface area contributed by atoms with Crippen LogP contribution in [0.15, 0.2) is 47.4 Å². The van der Waals surface area contributed by atoms with Gasteiger partial charge in [-0.3, -0.25) is 4.79 Å². The number of sulfonamides is 1. The number of hydrogen-bond acceptors (Lipinski definition) is 4. The molecule has 6 nitrogen and oxygen atoms in total. The molecule has 0 spiro atoms. The smallest absolute Gasteiger partial charge is 0.241 e. The van der Waals surface area contributed by atoms with Crippen LogP contribution in [0.5, 0.6) is 5.75 Å². The molecule has 2 rings (SSSR count). The second kappa shape index (κ2) is 10.1. The number of carbonyl (C=O) groups is 1. The van der Waals surface area contributed by atoms with Crippen LogP contribution in [0.4, 0.5) is 5.69 Å². The molecule has 0 aliphatic carbocycles. The lowest BCUT2D eigenvalue weighted by Crippen LogP contribution is -2.32. The number of hydrogen-bond donors (Lipinski definition) is 2. The number of carbonyl (C=O) groups excluding carboxylic acids is 1. The molecule has 0 aromatic heterocycles. The maximum Gasteiger partial charge on any atom is 0.241 e. The first kappa shape index (κ1) is 23.9. The van der Waals surface area contributed by atoms with Crippen molar-refractivity contribution < 1.29 is 17.9 Å². The van der Waals surface area contributed by atoms with Crippen molar-refractivity contribution in [3.05, 3.63) is 53.6 Å². The molecule has 2 atom stereocenters. The van der Waals surface area contributed by atoms with Crippen LogP contribution in [-0.4, -0.2) is 21.4 Å². The highest BCUT2D eigenvalue weighted by Gasteiger charge is 2.25. The van der Waals surface area contributed by atoms with Crippen molar-refractivity contribution in [1.82, 2.24) is 4.72 Å². The van der Waals surface area contributed by atoms with Gasteiger partial charge in [0.05, 0.1) is 17.7 Å². The van der Waals surface area contributed by atoms with Crippen LogP contribution < -0.4 is 14.8 Å². The Morgan fingerprint density at radius 1 is 1.03 bits per heavy atom. The van der Waals surface area contributed by atoms with Crippen molar-refractivity contribution in [2.75, 3.05) is 12.4 Å². The van der Waals surface area contributed by atoms with Crippen LogP contribution in [0, 0.1) is 5.92 Å². The van der Waals surface area contributed by atoms with Crippen molar-refractivity contribution in [2.24, 2.45) is 5.92 Å². The summed E-state index contributed by atoms with van der Waals surface area (Å²) >= 11 is 0. The van der Waals surface area contributed by atoms with Crippen LogP contribution in [0.2, 0.25) is 0 Å². The summed E-state index contributed by atoms with van der Waals surface area (Å²) in [4.78, 5) is 11.5. The van der Waals surface area contributed by atoms with Gasteiger partial charge in [-0.05, 0) is 47.6 Å². The van der Waals surface area contributed by atoms with E-state index < -0.39 is 10.0 Å². The lowest BCUT2D eigenvalue weighted by atomic mass is 9.93. The Kier molecular flexibility index (Phi) is 8.03. The van der Waals surface area contributed by atoms with Gasteiger partial charge >= 0.3 is 0 Å². The Morgan fingerprint density at radius 3 is 2.13 bits per heavy atom. The summed E-state index contributed by atoms with van der Waals surface area (Å²) in [6.45, 7) is 9.64. The van der Waals surface area contributed by atoms with Crippen LogP contribution >= 0.6 is 0 Å². The lowest BCUT2D eigenvalue weighted by molar-refractivity contribution is -0.114. The molecule has 0 aliphatic heterocycles. The first-order valence-electron chi connectivity index (χ1n) is 10.2. The largest absolute Gasteiger partial charge is 0.495 e. The molecule has 0 fully saturated rings. The predicted octanol–water partition coefficient (Wildman–Crippen LogP) is 4.84. The first-order valence-corrected chi connectivity index (χ1v) is 11.6. The molecule has 2 aromatic rings. The number of nitrogens with one attached hydrogen (secondary N) is 2. The van der Waals surface area contributed by atoms with Gasteiger partial charge in [0.15, 0.2) is 0 Å². The molecule has 0 unspecified atom stereocenters. The van der Waals surface area contributed by atoms with Gasteiger partial charge in [0.2, 0.25) is 15.9 Å². The quantitative estimate of drug-likeness (QED) is 0.594. The molecule has 2 N–H and O–H groups in total. The fourth-order valence-corrected chi connectivity index (χ4v) is 4.63. The molecule has 30 heavy (non-hydrogen) atoms. The number of ether oxygens (including phenoxy) is 1. The zero-order chi connectivity index (χ0) is 22.5. The summed E-state index contributed by atoms with van der Waals surface area (Å²) in [5.41, 5.74) is 2.46. The molecule has 2 aromatic carbocycles. The first-order chi connectivity index (χ1) is 14.1. The lowest BCUT2D eigenvalue weighted by Gasteiger charge is -2.24. The van der Waals surface area contributed by atoms with Gasteiger partial charge in [-0.1, -0.05) is 52.0 Å². The van der Waals surface area contributed by atoms with Gasteiger partial charge in [0, 0.05) is 13.0 Å². The molecule has 0 radical (unpaired) electrons. The van der Waals surface area contributed by atoms with Gasteiger partial charge in [0.25, 0.3) is 0 Å². The molecule has 1 amide bonds. The van der Waals surface area contributed by atoms with E-state index in [1.807, 2.05) is 26.0 Å². The summed E-state index contributed by atoms with van der Waals surface area (Å²) in [6.07, 6.45) is 1.05. The van der Waals surface area contributed by atoms with Crippen molar-refractivity contribution in [3.8, 4) is 5.75 Å². The normalized spacial score (nSPS) is 13.7. The Bertz CT molecular complexity index is 969. The summed E-state index contributed by atoms with van der Waals surface area (Å²) in [5, 5.41) is 2.61. The number of anilines is 1. The maximum atomic E-state index is 13.1. The molecule has 0 bridgehead atoms. The van der Waals surface area contributed by atoms with Gasteiger partial charge in [0.1, 0.15) is 5.75 Å². The Labute approximate surface area is 180 Å². The average Bonchev–Trinajstić information content (AvgIpc) is 2.71. The molecular formula is C23H32N2O4S. The minimum atomic E-state index is -3.82. The Balaban J connectivity index is 2.35. The molecular weight excluding hydrogens is 400 g/mol. The van der Waals surface area contributed by atoms with Crippen LogP contribution in [0.3, 0.4) is 0 Å². The van der Waals surface area contributed by atoms with Crippen LogP contribution in [0.1, 0.15) is 64.1 Å². The minimum Gasteiger partial charge on any atom is -0.495 e. The molecule has 0 aliphatic rings. The summed E-state index contributed by atoms with van der Waals surface area (Å²) < 4.78 is 34.3. The van der Waals surface area contributed by atoms with E-state index in [0.29, 0.717) is 17.4 Å². The van der Waals surface area contributed by atoms with E-state index in [0.717, 1.165) is 12.0 Å². The van der Waals surface area contributed by atoms with E-state index in [9.17, 15) is 13.2 Å². The predicted molar refractivity (Wildman–Crippen MR) is 120 cm³/mol. The third-order valence-electron chi connectivity index (χ3n) is 5.22. The zero-order valence-electron chi connectivity index (χ0n) is 18.5. The van der Waals surface area contributed by atoms with Crippen molar-refractivity contribution in [2.45, 2.75) is 57.9 Å². The third kappa shape index (κ3) is 5.83. The van der Waals surface area contributed by atoms with E-state index in [-0.39, 0.29) is 22.8 Å². The highest BCUT2D eigenvalue weighted by atomic mass is 32.2. The summed E-state index contributed by atoms with van der Waals surface area (Å²) in [5.74, 6) is 0.587. The van der Waals surface area contributed by atoms with Crippen LogP contribution in [0.25, 0.3) is 0 Å². The van der Waals surface area contributed by atoms with Gasteiger partial charge in [-0.25, -0.2) is 13.1 Å². The van der Waals surface area contributed by atoms with Gasteiger partial charge in [-0.2, -0.15) is 0 Å². The Morgan fingerprint density at radius 2 is 1.63 bits per heavy atom. The van der Waals surface area contributed by atoms with E-state index in [1.165, 1.54) is 37.8 Å². The Hall–Kier alpha value is -2.38. The fraction of sp³-hybridized carbons (Fsp3) is 0.435. The standard InChI is InChI=1S/C23H32N2O4S/c1-7-16(4)18-8-10-19(11-9-18)23(15(2)3)25-30(27,28)20-12-13-22(29-6)21(14-20)24-17(5)26/h8-16,23,25H,7H2,1-6H3,(H,24,26)/t16-,23-/m1/s1. The van der Waals surface area contributed by atoms with Gasteiger partial charge < -0.3 is 10.1 Å². The summed E-state index contributed by atoms with van der Waals surface area (Å²) in [6, 6.07) is 12.1. The van der Waals surface area contributed by atoms with E-state index in [4.69, 9.17) is 4.74 Å². The second-order valence-corrected chi connectivity index (χ2v) is 9.58. The minimum absolute atomic E-state index is 0.0438. The molecule has 7 heteroatoms. The molecule has 164 valence electrons. The van der Waals surface area contributed by atoms with Crippen LogP contribution in [-0.2, 0) is 14.8 Å².